The van der Waals surface area contributed by atoms with E-state index in [2.05, 4.69) is 21.2 Å². The molecule has 184 valence electrons. The van der Waals surface area contributed by atoms with Crippen LogP contribution in [0, 0.1) is 0 Å². The molecule has 1 aliphatic rings. The number of hydrogen-bond acceptors (Lipinski definition) is 8. The SMILES string of the molecule is COC(=O)C1=C(C)NC(=O)N[C@H]1c1ccc(OCC(=O)N/N=C\c2cc(Cl)ccc2O)c(OC)c1. The van der Waals surface area contributed by atoms with Crippen molar-refractivity contribution in [3.05, 3.63) is 63.8 Å². The molecule has 1 atom stereocenters. The number of nitrogens with one attached hydrogen (secondary N) is 3. The van der Waals surface area contributed by atoms with Gasteiger partial charge in [-0.3, -0.25) is 4.79 Å². The number of carbonyl (C=O) groups is 3. The fraction of sp³-hybridized carbons (Fsp3) is 0.217. The number of amides is 3. The second-order valence-electron chi connectivity index (χ2n) is 7.26. The fourth-order valence-corrected chi connectivity index (χ4v) is 3.47. The van der Waals surface area contributed by atoms with Gasteiger partial charge in [-0.15, -0.1) is 0 Å². The lowest BCUT2D eigenvalue weighted by Crippen LogP contribution is -2.45. The molecule has 0 radical (unpaired) electrons. The van der Waals surface area contributed by atoms with Gasteiger partial charge in [0.15, 0.2) is 18.1 Å². The molecule has 2 aromatic carbocycles. The summed E-state index contributed by atoms with van der Waals surface area (Å²) in [5.41, 5.74) is 3.76. The number of rotatable bonds is 8. The van der Waals surface area contributed by atoms with Gasteiger partial charge in [0.05, 0.1) is 32.0 Å². The van der Waals surface area contributed by atoms with Crippen molar-refractivity contribution in [3.8, 4) is 17.2 Å². The summed E-state index contributed by atoms with van der Waals surface area (Å²) in [5, 5.41) is 19.2. The van der Waals surface area contributed by atoms with Crippen LogP contribution < -0.4 is 25.5 Å². The number of ether oxygens (including phenoxy) is 3. The molecule has 0 saturated heterocycles. The Kier molecular flexibility index (Phi) is 8.16. The Hall–Kier alpha value is -4.25. The van der Waals surface area contributed by atoms with E-state index in [1.807, 2.05) is 0 Å². The highest BCUT2D eigenvalue weighted by Gasteiger charge is 2.32. The lowest BCUT2D eigenvalue weighted by Gasteiger charge is -2.28. The van der Waals surface area contributed by atoms with Crippen molar-refractivity contribution in [2.75, 3.05) is 20.8 Å². The number of carbonyl (C=O) groups excluding carboxylic acids is 3. The third-order valence-electron chi connectivity index (χ3n) is 4.94. The van der Waals surface area contributed by atoms with Crippen LogP contribution in [0.4, 0.5) is 4.79 Å². The minimum Gasteiger partial charge on any atom is -0.507 e. The summed E-state index contributed by atoms with van der Waals surface area (Å²) >= 11 is 5.87. The molecule has 0 spiro atoms. The van der Waals surface area contributed by atoms with Crippen LogP contribution in [0.3, 0.4) is 0 Å². The van der Waals surface area contributed by atoms with Gasteiger partial charge in [0.1, 0.15) is 5.75 Å². The molecule has 0 saturated carbocycles. The van der Waals surface area contributed by atoms with Crippen molar-refractivity contribution < 1.29 is 33.7 Å². The first-order valence-corrected chi connectivity index (χ1v) is 10.6. The molecule has 1 aliphatic heterocycles. The Bertz CT molecular complexity index is 1210. The Morgan fingerprint density at radius 3 is 2.69 bits per heavy atom. The van der Waals surface area contributed by atoms with Gasteiger partial charge >= 0.3 is 12.0 Å². The highest BCUT2D eigenvalue weighted by atomic mass is 35.5. The van der Waals surface area contributed by atoms with E-state index < -0.39 is 23.9 Å². The average Bonchev–Trinajstić information content (AvgIpc) is 2.83. The Labute approximate surface area is 205 Å². The van der Waals surface area contributed by atoms with Crippen LogP contribution in [-0.2, 0) is 14.3 Å². The van der Waals surface area contributed by atoms with Crippen molar-refractivity contribution >= 4 is 35.7 Å². The minimum atomic E-state index is -0.778. The smallest absolute Gasteiger partial charge is 0.337 e. The fourth-order valence-electron chi connectivity index (χ4n) is 3.29. The molecule has 3 rings (SSSR count). The molecule has 0 fully saturated rings. The van der Waals surface area contributed by atoms with Gasteiger partial charge in [-0.25, -0.2) is 15.0 Å². The van der Waals surface area contributed by atoms with Crippen LogP contribution in [-0.4, -0.2) is 50.1 Å². The standard InChI is InChI=1S/C23H23ClN4O7/c1-12-20(22(31)34-3)21(27-23(32)26-12)13-4-7-17(18(9-13)33-2)35-11-19(30)28-25-10-14-8-15(24)5-6-16(14)29/h4-10,21,29H,11H2,1-3H3,(H,28,30)(H2,26,27,32)/b25-10-/t21-/m0/s1. The van der Waals surface area contributed by atoms with Gasteiger partial charge in [-0.1, -0.05) is 17.7 Å². The van der Waals surface area contributed by atoms with Crippen molar-refractivity contribution in [2.45, 2.75) is 13.0 Å². The number of nitrogens with zero attached hydrogens (tertiary/aromatic N) is 1. The molecule has 4 N–H and O–H groups in total. The number of phenols is 1. The maximum atomic E-state index is 12.3. The molecule has 12 heteroatoms. The number of benzene rings is 2. The van der Waals surface area contributed by atoms with Crippen LogP contribution in [0.25, 0.3) is 0 Å². The molecule has 0 unspecified atom stereocenters. The molecular formula is C23H23ClN4O7. The molecule has 11 nitrogen and oxygen atoms in total. The van der Waals surface area contributed by atoms with E-state index in [-0.39, 0.29) is 29.4 Å². The molecule has 0 aliphatic carbocycles. The van der Waals surface area contributed by atoms with Crippen molar-refractivity contribution in [1.82, 2.24) is 16.1 Å². The van der Waals surface area contributed by atoms with E-state index in [1.54, 1.807) is 25.1 Å². The third-order valence-corrected chi connectivity index (χ3v) is 5.17. The maximum Gasteiger partial charge on any atom is 0.337 e. The van der Waals surface area contributed by atoms with Crippen LogP contribution in [0.2, 0.25) is 5.02 Å². The summed E-state index contributed by atoms with van der Waals surface area (Å²) in [6, 6.07) is 7.93. The highest BCUT2D eigenvalue weighted by molar-refractivity contribution is 6.30. The zero-order chi connectivity index (χ0) is 25.5. The molecule has 1 heterocycles. The predicted molar refractivity (Wildman–Crippen MR) is 126 cm³/mol. The van der Waals surface area contributed by atoms with E-state index in [0.29, 0.717) is 21.8 Å². The molecule has 3 amide bonds. The number of urea groups is 1. The number of halogens is 1. The summed E-state index contributed by atoms with van der Waals surface area (Å²) in [4.78, 5) is 36.4. The maximum absolute atomic E-state index is 12.3. The summed E-state index contributed by atoms with van der Waals surface area (Å²) in [5.74, 6) is -0.673. The monoisotopic (exact) mass is 502 g/mol. The molecule has 0 bridgehead atoms. The zero-order valence-corrected chi connectivity index (χ0v) is 19.8. The number of methoxy groups -OCH3 is 2. The Morgan fingerprint density at radius 2 is 1.97 bits per heavy atom. The summed E-state index contributed by atoms with van der Waals surface area (Å²) < 4.78 is 15.7. The van der Waals surface area contributed by atoms with Crippen LogP contribution in [0.5, 0.6) is 17.2 Å². The van der Waals surface area contributed by atoms with Crippen molar-refractivity contribution in [1.29, 1.82) is 0 Å². The average molecular weight is 503 g/mol. The van der Waals surface area contributed by atoms with Crippen molar-refractivity contribution in [2.24, 2.45) is 5.10 Å². The van der Waals surface area contributed by atoms with Gasteiger partial charge in [-0.2, -0.15) is 5.10 Å². The van der Waals surface area contributed by atoms with Gasteiger partial charge in [0.2, 0.25) is 0 Å². The summed E-state index contributed by atoms with van der Waals surface area (Å²) in [6.07, 6.45) is 1.25. The third kappa shape index (κ3) is 6.21. The predicted octanol–water partition coefficient (Wildman–Crippen LogP) is 2.38. The van der Waals surface area contributed by atoms with E-state index in [9.17, 15) is 19.5 Å². The van der Waals surface area contributed by atoms with Gasteiger partial charge in [0.25, 0.3) is 5.91 Å². The minimum absolute atomic E-state index is 0.0428. The second kappa shape index (κ2) is 11.3. The number of esters is 1. The Morgan fingerprint density at radius 1 is 1.20 bits per heavy atom. The summed E-state index contributed by atoms with van der Waals surface area (Å²) in [7, 11) is 2.66. The first-order chi connectivity index (χ1) is 16.7. The first kappa shape index (κ1) is 25.4. The highest BCUT2D eigenvalue weighted by Crippen LogP contribution is 2.34. The number of aromatic hydroxyl groups is 1. The van der Waals surface area contributed by atoms with E-state index >= 15 is 0 Å². The molecular weight excluding hydrogens is 480 g/mol. The van der Waals surface area contributed by atoms with Crippen LogP contribution in [0.15, 0.2) is 52.8 Å². The van der Waals surface area contributed by atoms with E-state index in [0.717, 1.165) is 0 Å². The molecule has 0 aromatic heterocycles. The van der Waals surface area contributed by atoms with Gasteiger partial charge in [-0.05, 0) is 42.8 Å². The summed E-state index contributed by atoms with van der Waals surface area (Å²) in [6.45, 7) is 1.21. The number of phenolic OH excluding ortho intramolecular Hbond substituents is 1. The molecule has 2 aromatic rings. The van der Waals surface area contributed by atoms with Crippen molar-refractivity contribution in [3.63, 3.8) is 0 Å². The van der Waals surface area contributed by atoms with Gasteiger partial charge in [0, 0.05) is 16.3 Å². The zero-order valence-electron chi connectivity index (χ0n) is 19.0. The number of hydrogen-bond donors (Lipinski definition) is 4. The van der Waals surface area contributed by atoms with Crippen LogP contribution in [0.1, 0.15) is 24.1 Å². The number of allylic oxidation sites excluding steroid dienone is 1. The lowest BCUT2D eigenvalue weighted by molar-refractivity contribution is -0.136. The largest absolute Gasteiger partial charge is 0.507 e. The van der Waals surface area contributed by atoms with Crippen LogP contribution >= 0.6 is 11.6 Å². The normalized spacial score (nSPS) is 15.3. The molecule has 35 heavy (non-hydrogen) atoms. The first-order valence-electron chi connectivity index (χ1n) is 10.2. The van der Waals surface area contributed by atoms with E-state index in [4.69, 9.17) is 25.8 Å². The lowest BCUT2D eigenvalue weighted by atomic mass is 9.95. The quantitative estimate of drug-likeness (QED) is 0.246. The topological polar surface area (TPSA) is 148 Å². The number of hydrazone groups is 1. The van der Waals surface area contributed by atoms with Gasteiger partial charge < -0.3 is 30.0 Å². The Balaban J connectivity index is 1.69. The second-order valence-corrected chi connectivity index (χ2v) is 7.69. The van der Waals surface area contributed by atoms with E-state index in [1.165, 1.54) is 38.6 Å².